The molecule has 0 bridgehead atoms. The standard InChI is InChI=1S/C22H29FN2O2/c1-15-10-13-24(14-11-15)21(26)19-3-2-12-25(19)22(27)20(16-4-5-16)17-6-8-18(23)9-7-17/h6-9,15-16,19-20H,2-5,10-14H2,1H3/t19-,20?/m0/s1. The summed E-state index contributed by atoms with van der Waals surface area (Å²) >= 11 is 0. The summed E-state index contributed by atoms with van der Waals surface area (Å²) in [7, 11) is 0. The molecule has 2 saturated heterocycles. The van der Waals surface area contributed by atoms with Crippen LogP contribution in [0.4, 0.5) is 4.39 Å². The second kappa shape index (κ2) is 7.61. The van der Waals surface area contributed by atoms with Gasteiger partial charge in [-0.15, -0.1) is 0 Å². The quantitative estimate of drug-likeness (QED) is 0.811. The van der Waals surface area contributed by atoms with Gasteiger partial charge in [-0.1, -0.05) is 19.1 Å². The maximum atomic E-state index is 13.4. The Kier molecular flexibility index (Phi) is 5.20. The van der Waals surface area contributed by atoms with Crippen molar-refractivity contribution in [1.29, 1.82) is 0 Å². The van der Waals surface area contributed by atoms with Crippen molar-refractivity contribution in [2.24, 2.45) is 11.8 Å². The summed E-state index contributed by atoms with van der Waals surface area (Å²) in [4.78, 5) is 30.3. The van der Waals surface area contributed by atoms with Gasteiger partial charge in [-0.05, 0) is 68.1 Å². The van der Waals surface area contributed by atoms with Gasteiger partial charge >= 0.3 is 0 Å². The molecule has 0 N–H and O–H groups in total. The predicted molar refractivity (Wildman–Crippen MR) is 102 cm³/mol. The van der Waals surface area contributed by atoms with E-state index in [0.717, 1.165) is 57.2 Å². The first-order valence-electron chi connectivity index (χ1n) is 10.4. The van der Waals surface area contributed by atoms with Crippen LogP contribution in [0.25, 0.3) is 0 Å². The van der Waals surface area contributed by atoms with Crippen molar-refractivity contribution < 1.29 is 14.0 Å². The van der Waals surface area contributed by atoms with Gasteiger partial charge in [0, 0.05) is 19.6 Å². The third kappa shape index (κ3) is 3.87. The number of benzene rings is 1. The Balaban J connectivity index is 1.50. The number of hydrogen-bond acceptors (Lipinski definition) is 2. The molecule has 2 atom stereocenters. The van der Waals surface area contributed by atoms with E-state index in [0.29, 0.717) is 18.4 Å². The van der Waals surface area contributed by atoms with Gasteiger partial charge in [0.05, 0.1) is 5.92 Å². The van der Waals surface area contributed by atoms with E-state index in [1.165, 1.54) is 12.1 Å². The molecule has 2 amide bonds. The highest BCUT2D eigenvalue weighted by molar-refractivity contribution is 5.91. The number of piperidine rings is 1. The fourth-order valence-corrected chi connectivity index (χ4v) is 4.62. The highest BCUT2D eigenvalue weighted by Gasteiger charge is 2.44. The average Bonchev–Trinajstić information content (AvgIpc) is 3.38. The number of likely N-dealkylation sites (tertiary alicyclic amines) is 2. The van der Waals surface area contributed by atoms with Crippen molar-refractivity contribution in [3.05, 3.63) is 35.6 Å². The minimum atomic E-state index is -0.312. The van der Waals surface area contributed by atoms with Crippen LogP contribution in [-0.2, 0) is 9.59 Å². The number of amides is 2. The summed E-state index contributed by atoms with van der Waals surface area (Å²) in [6.07, 6.45) is 5.80. The molecule has 146 valence electrons. The van der Waals surface area contributed by atoms with Gasteiger partial charge in [0.2, 0.25) is 11.8 Å². The number of hydrogen-bond donors (Lipinski definition) is 0. The molecule has 5 heteroatoms. The molecule has 27 heavy (non-hydrogen) atoms. The second-order valence-electron chi connectivity index (χ2n) is 8.56. The van der Waals surface area contributed by atoms with E-state index in [2.05, 4.69) is 6.92 Å². The van der Waals surface area contributed by atoms with Crippen LogP contribution >= 0.6 is 0 Å². The van der Waals surface area contributed by atoms with E-state index in [4.69, 9.17) is 0 Å². The molecule has 1 unspecified atom stereocenters. The molecular weight excluding hydrogens is 343 g/mol. The lowest BCUT2D eigenvalue weighted by molar-refractivity contribution is -0.145. The first kappa shape index (κ1) is 18.5. The zero-order valence-electron chi connectivity index (χ0n) is 16.1. The Morgan fingerprint density at radius 1 is 1.00 bits per heavy atom. The van der Waals surface area contributed by atoms with Gasteiger partial charge < -0.3 is 9.80 Å². The molecule has 0 aromatic heterocycles. The lowest BCUT2D eigenvalue weighted by Crippen LogP contribution is -2.51. The van der Waals surface area contributed by atoms with Crippen molar-refractivity contribution in [3.63, 3.8) is 0 Å². The highest BCUT2D eigenvalue weighted by Crippen LogP contribution is 2.44. The van der Waals surface area contributed by atoms with E-state index < -0.39 is 0 Å². The van der Waals surface area contributed by atoms with E-state index in [-0.39, 0.29) is 29.6 Å². The van der Waals surface area contributed by atoms with Crippen LogP contribution in [0.15, 0.2) is 24.3 Å². The summed E-state index contributed by atoms with van der Waals surface area (Å²) in [5, 5.41) is 0. The first-order chi connectivity index (χ1) is 13.0. The molecule has 2 heterocycles. The molecule has 1 aliphatic carbocycles. The molecule has 3 aliphatic rings. The Labute approximate surface area is 160 Å². The SMILES string of the molecule is CC1CCN(C(=O)[C@@H]2CCCN2C(=O)C(c2ccc(F)cc2)C2CC2)CC1. The molecule has 0 radical (unpaired) electrons. The van der Waals surface area contributed by atoms with Gasteiger partial charge in [-0.25, -0.2) is 4.39 Å². The molecule has 4 nitrogen and oxygen atoms in total. The van der Waals surface area contributed by atoms with Gasteiger partial charge in [0.15, 0.2) is 0 Å². The van der Waals surface area contributed by atoms with Crippen LogP contribution in [0.2, 0.25) is 0 Å². The van der Waals surface area contributed by atoms with E-state index in [1.54, 1.807) is 12.1 Å². The normalized spacial score (nSPS) is 24.9. The molecule has 1 aromatic rings. The third-order valence-electron chi connectivity index (χ3n) is 6.50. The van der Waals surface area contributed by atoms with Crippen LogP contribution in [0.5, 0.6) is 0 Å². The van der Waals surface area contributed by atoms with Crippen molar-refractivity contribution in [2.75, 3.05) is 19.6 Å². The molecule has 4 rings (SSSR count). The van der Waals surface area contributed by atoms with Crippen LogP contribution in [0.3, 0.4) is 0 Å². The van der Waals surface area contributed by atoms with Crippen molar-refractivity contribution in [3.8, 4) is 0 Å². The van der Waals surface area contributed by atoms with Crippen molar-refractivity contribution >= 4 is 11.8 Å². The molecular formula is C22H29FN2O2. The topological polar surface area (TPSA) is 40.6 Å². The minimum Gasteiger partial charge on any atom is -0.341 e. The van der Waals surface area contributed by atoms with Gasteiger partial charge in [0.1, 0.15) is 11.9 Å². The average molecular weight is 372 g/mol. The number of nitrogens with zero attached hydrogens (tertiary/aromatic N) is 2. The lowest BCUT2D eigenvalue weighted by atomic mass is 9.92. The fraction of sp³-hybridized carbons (Fsp3) is 0.636. The van der Waals surface area contributed by atoms with E-state index >= 15 is 0 Å². The van der Waals surface area contributed by atoms with Crippen LogP contribution in [0.1, 0.15) is 56.9 Å². The molecule has 0 spiro atoms. The molecule has 1 saturated carbocycles. The Morgan fingerprint density at radius 2 is 1.67 bits per heavy atom. The van der Waals surface area contributed by atoms with Crippen molar-refractivity contribution in [2.45, 2.75) is 57.4 Å². The van der Waals surface area contributed by atoms with E-state index in [9.17, 15) is 14.0 Å². The summed E-state index contributed by atoms with van der Waals surface area (Å²) in [6.45, 7) is 4.51. The Morgan fingerprint density at radius 3 is 2.30 bits per heavy atom. The minimum absolute atomic E-state index is 0.0605. The maximum absolute atomic E-state index is 13.4. The number of carbonyl (C=O) groups is 2. The molecule has 3 fully saturated rings. The van der Waals surface area contributed by atoms with E-state index in [1.807, 2.05) is 9.80 Å². The van der Waals surface area contributed by atoms with Crippen LogP contribution < -0.4 is 0 Å². The lowest BCUT2D eigenvalue weighted by Gasteiger charge is -2.35. The summed E-state index contributed by atoms with van der Waals surface area (Å²) < 4.78 is 13.3. The van der Waals surface area contributed by atoms with Crippen LogP contribution in [-0.4, -0.2) is 47.3 Å². The third-order valence-corrected chi connectivity index (χ3v) is 6.50. The molecule has 1 aromatic carbocycles. The number of rotatable bonds is 4. The zero-order valence-corrected chi connectivity index (χ0v) is 16.1. The van der Waals surface area contributed by atoms with Gasteiger partial charge in [0.25, 0.3) is 0 Å². The zero-order chi connectivity index (χ0) is 19.0. The maximum Gasteiger partial charge on any atom is 0.245 e. The molecule has 2 aliphatic heterocycles. The summed E-state index contributed by atoms with van der Waals surface area (Å²) in [5.41, 5.74) is 0.883. The Bertz CT molecular complexity index is 693. The summed E-state index contributed by atoms with van der Waals surface area (Å²) in [5.74, 6) is 0.671. The Hall–Kier alpha value is -1.91. The fourth-order valence-electron chi connectivity index (χ4n) is 4.62. The van der Waals surface area contributed by atoms with Crippen molar-refractivity contribution in [1.82, 2.24) is 9.80 Å². The summed E-state index contributed by atoms with van der Waals surface area (Å²) in [6, 6.07) is 6.01. The number of carbonyl (C=O) groups excluding carboxylic acids is 2. The number of halogens is 1. The van der Waals surface area contributed by atoms with Gasteiger partial charge in [-0.2, -0.15) is 0 Å². The van der Waals surface area contributed by atoms with Crippen LogP contribution in [0, 0.1) is 17.7 Å². The van der Waals surface area contributed by atoms with Gasteiger partial charge in [-0.3, -0.25) is 9.59 Å². The highest BCUT2D eigenvalue weighted by atomic mass is 19.1. The first-order valence-corrected chi connectivity index (χ1v) is 10.4. The second-order valence-corrected chi connectivity index (χ2v) is 8.56. The largest absolute Gasteiger partial charge is 0.341 e. The predicted octanol–water partition coefficient (Wildman–Crippen LogP) is 3.57. The smallest absolute Gasteiger partial charge is 0.245 e. The monoisotopic (exact) mass is 372 g/mol.